The number of amides is 7. The van der Waals surface area contributed by atoms with Crippen molar-refractivity contribution in [2.24, 2.45) is 0 Å². The molecule has 4 fully saturated rings. The molecular weight excluding hydrogens is 1870 g/mol. The van der Waals surface area contributed by atoms with Crippen molar-refractivity contribution in [3.63, 3.8) is 0 Å². The SMILES string of the molecule is CCCCCC=CCC=CCCCCCCCCC1(CCCCCCCCC=CCC=CCCCCC)OC[C@H](CN(C)CCCCCC(=O)NC(COCCC(=O)NCCOCCOCCO[C@@H]2OC(CO)[C@H](O)[C@H](O)C2NC(C)=O)(COCCC(=O)NCCOCCOCCO[C@@H]2OC(CO)[C@H](O)[C@H](O)C2NC(C)=O)COCCC(=O)NCCOCCOCCO[C@@H]2OC(CO)[C@H](O)[C@H](O)C2NC(C)=O)O1. The summed E-state index contributed by atoms with van der Waals surface area (Å²) < 4.78 is 100.0. The summed E-state index contributed by atoms with van der Waals surface area (Å²) in [5.74, 6) is -3.51. The maximum absolute atomic E-state index is 14.4. The van der Waals surface area contributed by atoms with Crippen LogP contribution in [0.15, 0.2) is 48.6 Å². The van der Waals surface area contributed by atoms with Crippen molar-refractivity contribution < 1.29 is 160 Å². The number of carbonyl (C=O) groups is 7. The first kappa shape index (κ1) is 129. The molecule has 0 spiro atoms. The predicted molar refractivity (Wildman–Crippen MR) is 533 cm³/mol. The Hall–Kier alpha value is -5.83. The molecule has 4 rings (SSSR count). The third-order valence-electron chi connectivity index (χ3n) is 24.5. The van der Waals surface area contributed by atoms with Crippen LogP contribution in [-0.2, 0) is 114 Å². The van der Waals surface area contributed by atoms with E-state index in [0.717, 1.165) is 77.2 Å². The normalized spacial score (nSPS) is 24.1. The van der Waals surface area contributed by atoms with E-state index >= 15 is 0 Å². The number of nitrogens with zero attached hydrogens (tertiary/aromatic N) is 1. The lowest BCUT2D eigenvalue weighted by molar-refractivity contribution is -0.272. The van der Waals surface area contributed by atoms with E-state index in [4.69, 9.17) is 80.5 Å². The molecule has 16 atom stereocenters. The summed E-state index contributed by atoms with van der Waals surface area (Å²) in [5.41, 5.74) is -1.42. The van der Waals surface area contributed by atoms with Gasteiger partial charge in [-0.1, -0.05) is 146 Å². The molecule has 4 aliphatic rings. The maximum Gasteiger partial charge on any atom is 0.222 e. The number of likely N-dealkylation sites (N-methyl/N-ethyl adjacent to an activating group) is 1. The van der Waals surface area contributed by atoms with E-state index < -0.39 is 141 Å². The fourth-order valence-electron chi connectivity index (χ4n) is 16.6. The fourth-order valence-corrected chi connectivity index (χ4v) is 16.6. The van der Waals surface area contributed by atoms with Gasteiger partial charge in [-0.2, -0.15) is 0 Å². The Morgan fingerprint density at radius 2 is 0.678 bits per heavy atom. The van der Waals surface area contributed by atoms with Gasteiger partial charge in [-0.15, -0.1) is 0 Å². The van der Waals surface area contributed by atoms with Gasteiger partial charge in [0.25, 0.3) is 0 Å². The molecule has 4 heterocycles. The van der Waals surface area contributed by atoms with Crippen molar-refractivity contribution in [1.82, 2.24) is 42.1 Å². The minimum Gasteiger partial charge on any atom is -0.394 e. The highest BCUT2D eigenvalue weighted by molar-refractivity contribution is 5.78. The number of hydrogen-bond acceptors (Lipinski definition) is 34. The second-order valence-electron chi connectivity index (χ2n) is 37.1. The second kappa shape index (κ2) is 83.0. The highest BCUT2D eigenvalue weighted by atomic mass is 16.7. The van der Waals surface area contributed by atoms with Crippen LogP contribution in [0.25, 0.3) is 0 Å². The van der Waals surface area contributed by atoms with E-state index in [1.807, 2.05) is 0 Å². The van der Waals surface area contributed by atoms with Gasteiger partial charge in [0, 0.05) is 85.5 Å². The van der Waals surface area contributed by atoms with E-state index in [2.05, 4.69) is 112 Å². The Bertz CT molecular complexity index is 3120. The van der Waals surface area contributed by atoms with Gasteiger partial charge in [-0.25, -0.2) is 0 Å². The molecule has 41 nitrogen and oxygen atoms in total. The van der Waals surface area contributed by atoms with Crippen LogP contribution in [0.1, 0.15) is 247 Å². The van der Waals surface area contributed by atoms with Gasteiger partial charge in [0.1, 0.15) is 78.6 Å². The van der Waals surface area contributed by atoms with E-state index in [1.165, 1.54) is 124 Å². The number of allylic oxidation sites excluding steroid dienone is 8. The van der Waals surface area contributed by atoms with Crippen LogP contribution in [0.3, 0.4) is 0 Å². The lowest BCUT2D eigenvalue weighted by Gasteiger charge is -2.42. The summed E-state index contributed by atoms with van der Waals surface area (Å²) in [6.45, 7) is 9.12. The van der Waals surface area contributed by atoms with Crippen LogP contribution in [0, 0.1) is 0 Å². The van der Waals surface area contributed by atoms with Gasteiger partial charge in [-0.05, 0) is 103 Å². The van der Waals surface area contributed by atoms with Gasteiger partial charge in [0.15, 0.2) is 24.7 Å². The maximum atomic E-state index is 14.4. The minimum atomic E-state index is -1.46. The molecule has 7 amide bonds. The van der Waals surface area contributed by atoms with E-state index in [9.17, 15) is 79.5 Å². The van der Waals surface area contributed by atoms with Crippen LogP contribution in [0.4, 0.5) is 0 Å². The number of hydrogen-bond donors (Lipinski definition) is 16. The molecule has 0 saturated carbocycles. The molecule has 0 bridgehead atoms. The van der Waals surface area contributed by atoms with E-state index in [0.29, 0.717) is 26.0 Å². The minimum absolute atomic E-state index is 0.0312. The zero-order valence-corrected chi connectivity index (χ0v) is 86.7. The molecule has 143 heavy (non-hydrogen) atoms. The molecule has 0 aromatic rings. The van der Waals surface area contributed by atoms with Crippen molar-refractivity contribution in [3.05, 3.63) is 48.6 Å². The van der Waals surface area contributed by atoms with Crippen molar-refractivity contribution in [2.75, 3.05) is 205 Å². The van der Waals surface area contributed by atoms with Crippen molar-refractivity contribution in [1.29, 1.82) is 0 Å². The molecule has 0 radical (unpaired) electrons. The van der Waals surface area contributed by atoms with E-state index in [-0.39, 0.29) is 214 Å². The highest BCUT2D eigenvalue weighted by Crippen LogP contribution is 2.36. The van der Waals surface area contributed by atoms with Crippen molar-refractivity contribution in [3.8, 4) is 0 Å². The van der Waals surface area contributed by atoms with Crippen LogP contribution in [0.5, 0.6) is 0 Å². The molecule has 0 aromatic heterocycles. The molecule has 0 aromatic carbocycles. The average Bonchev–Trinajstić information content (AvgIpc) is 1.38. The number of aliphatic hydroxyl groups excluding tert-OH is 9. The van der Waals surface area contributed by atoms with Crippen LogP contribution >= 0.6 is 0 Å². The number of ether oxygens (including phenoxy) is 17. The molecule has 41 heteroatoms. The van der Waals surface area contributed by atoms with Crippen molar-refractivity contribution >= 4 is 41.4 Å². The Balaban J connectivity index is 1.37. The predicted octanol–water partition coefficient (Wildman–Crippen LogP) is 4.40. The molecule has 4 aliphatic heterocycles. The molecular formula is C102H184N8O33. The Morgan fingerprint density at radius 1 is 0.364 bits per heavy atom. The number of carbonyl (C=O) groups excluding carboxylic acids is 7. The van der Waals surface area contributed by atoms with Crippen LogP contribution in [-0.4, -0.2) is 407 Å². The smallest absolute Gasteiger partial charge is 0.222 e. The number of unbranched alkanes of at least 4 members (excludes halogenated alkanes) is 20. The Kier molecular flexibility index (Phi) is 75.1. The molecule has 4 saturated heterocycles. The summed E-state index contributed by atoms with van der Waals surface area (Å²) in [7, 11) is 2.09. The summed E-state index contributed by atoms with van der Waals surface area (Å²) >= 11 is 0. The average molecular weight is 2050 g/mol. The van der Waals surface area contributed by atoms with Gasteiger partial charge in [0.05, 0.1) is 171 Å². The zero-order chi connectivity index (χ0) is 104. The van der Waals surface area contributed by atoms with Gasteiger partial charge in [-0.3, -0.25) is 33.6 Å². The Labute approximate surface area is 849 Å². The summed E-state index contributed by atoms with van der Waals surface area (Å²) in [6, 6.07) is -3.31. The number of nitrogens with one attached hydrogen (secondary N) is 7. The standard InChI is InChI=1S/C102H184N8O33/c1-7-9-11-13-15-17-19-21-23-25-27-29-31-33-35-39-46-102(47-40-36-34-32-30-28-26-24-22-20-18-16-14-12-10-8-2)139-74-81(143-102)70-110(6)51-41-37-38-42-88(120)109-101(75-133-52-43-85(117)103-48-55-127-58-61-130-64-67-136-98-89(106-78(3)114)95(124)92(121)82(71-111)140-98,76-134-53-44-86(118)104-49-56-128-59-62-131-65-68-137-99-90(107-79(4)115)96(125)93(122)83(72-112)141-99)77-135-54-45-87(119)105-50-57-129-60-63-132-66-69-138-100-91(108-80(5)116)97(126)94(123)84(73-113)142-100/h15-18,21-24,81-84,89-100,111-113,121-126H,7-14,19-20,25-77H2,1-6H3,(H,103,117)(H,104,118)(H,105,119)(H,106,114)(H,107,115)(H,108,116)(H,109,120)/t81-,82?,83?,84?,89?,90?,91?,92-,93-,94-,95+,96+,97+,98+,99+,100+,101?,102?/m0/s1. The van der Waals surface area contributed by atoms with Gasteiger partial charge in [0.2, 0.25) is 41.4 Å². The van der Waals surface area contributed by atoms with Crippen LogP contribution in [0.2, 0.25) is 0 Å². The third kappa shape index (κ3) is 60.6. The topological polar surface area (TPSA) is 546 Å². The summed E-state index contributed by atoms with van der Waals surface area (Å²) in [6.07, 6.45) is 34.5. The molecule has 830 valence electrons. The largest absolute Gasteiger partial charge is 0.394 e. The lowest BCUT2D eigenvalue weighted by Crippen LogP contribution is -2.64. The quantitative estimate of drug-likeness (QED) is 0.0296. The molecule has 0 aliphatic carbocycles. The Morgan fingerprint density at radius 3 is 1.01 bits per heavy atom. The summed E-state index contributed by atoms with van der Waals surface area (Å²) in [5, 5.41) is 111. The van der Waals surface area contributed by atoms with Gasteiger partial charge >= 0.3 is 0 Å². The monoisotopic (exact) mass is 2050 g/mol. The number of aliphatic hydroxyl groups is 9. The first-order valence-electron chi connectivity index (χ1n) is 52.8. The zero-order valence-electron chi connectivity index (χ0n) is 86.7. The van der Waals surface area contributed by atoms with E-state index in [1.54, 1.807) is 0 Å². The van der Waals surface area contributed by atoms with Gasteiger partial charge < -0.3 is 169 Å². The summed E-state index contributed by atoms with van der Waals surface area (Å²) in [4.78, 5) is 91.9. The molecule has 6 unspecified atom stereocenters. The number of rotatable bonds is 90. The first-order valence-corrected chi connectivity index (χ1v) is 52.8. The van der Waals surface area contributed by atoms with Crippen molar-refractivity contribution in [2.45, 2.75) is 356 Å². The third-order valence-corrected chi connectivity index (χ3v) is 24.5. The van der Waals surface area contributed by atoms with Crippen LogP contribution < -0.4 is 37.2 Å². The molecule has 16 N–H and O–H groups in total. The lowest BCUT2D eigenvalue weighted by atomic mass is 9.97. The fraction of sp³-hybridized carbons (Fsp3) is 0.853. The second-order valence-corrected chi connectivity index (χ2v) is 37.1. The highest BCUT2D eigenvalue weighted by Gasteiger charge is 2.49. The first-order chi connectivity index (χ1) is 69.3.